The summed E-state index contributed by atoms with van der Waals surface area (Å²) in [6, 6.07) is 5.99. The number of nitrogens with zero attached hydrogens (tertiary/aromatic N) is 2. The molecule has 2 rings (SSSR count). The Hall–Kier alpha value is -2.60. The predicted molar refractivity (Wildman–Crippen MR) is 139 cm³/mol. The van der Waals surface area contributed by atoms with Crippen LogP contribution in [0.3, 0.4) is 0 Å². The van der Waals surface area contributed by atoms with Gasteiger partial charge in [-0.15, -0.1) is 0 Å². The highest BCUT2D eigenvalue weighted by Gasteiger charge is 2.26. The maximum atomic E-state index is 11.6. The molecule has 0 heterocycles. The summed E-state index contributed by atoms with van der Waals surface area (Å²) in [6.07, 6.45) is 3.77. The van der Waals surface area contributed by atoms with Crippen molar-refractivity contribution in [3.63, 3.8) is 0 Å². The van der Waals surface area contributed by atoms with E-state index in [4.69, 9.17) is 18.9 Å². The number of rotatable bonds is 14. The minimum absolute atomic E-state index is 0.0363. The van der Waals surface area contributed by atoms with Gasteiger partial charge in [0.15, 0.2) is 23.0 Å². The van der Waals surface area contributed by atoms with Crippen molar-refractivity contribution in [2.45, 2.75) is 41.8 Å². The van der Waals surface area contributed by atoms with E-state index in [1.165, 1.54) is 40.6 Å². The molecule has 0 N–H and O–H groups in total. The van der Waals surface area contributed by atoms with Gasteiger partial charge in [0.25, 0.3) is 11.4 Å². The topological polar surface area (TPSA) is 123 Å². The van der Waals surface area contributed by atoms with Crippen LogP contribution in [-0.2, 0) is 0 Å². The average molecular weight is 620 g/mol. The van der Waals surface area contributed by atoms with Gasteiger partial charge in [-0.1, -0.05) is 51.1 Å². The minimum atomic E-state index is -0.434. The van der Waals surface area contributed by atoms with E-state index in [0.717, 1.165) is 19.3 Å². The van der Waals surface area contributed by atoms with Gasteiger partial charge < -0.3 is 18.9 Å². The quantitative estimate of drug-likeness (QED) is 0.0952. The summed E-state index contributed by atoms with van der Waals surface area (Å²) in [5, 5.41) is 23.1. The molecule has 2 aromatic rings. The van der Waals surface area contributed by atoms with E-state index in [1.807, 2.05) is 0 Å². The first-order valence-electron chi connectivity index (χ1n) is 10.8. The zero-order chi connectivity index (χ0) is 26.1. The van der Waals surface area contributed by atoms with Crippen LogP contribution in [0.2, 0.25) is 0 Å². The van der Waals surface area contributed by atoms with Crippen LogP contribution in [0.1, 0.15) is 52.9 Å². The number of benzene rings is 2. The predicted octanol–water partition coefficient (Wildman–Crippen LogP) is 7.06. The van der Waals surface area contributed by atoms with Crippen LogP contribution in [0.4, 0.5) is 11.4 Å². The standard InChI is InChI=1S/C23H28Br2N2O8/c1-32-20-10-14(18(26(28)29)12-22(20)34-3)16(24)8-6-5-7-9-17(25)15-11-21(33-2)23(35-4)13-19(15)27(30)31/h10-13,16-17H,5-9H2,1-4H3. The molecule has 0 aromatic heterocycles. The summed E-state index contributed by atoms with van der Waals surface area (Å²) >= 11 is 7.15. The Balaban J connectivity index is 2.01. The second kappa shape index (κ2) is 13.5. The number of ether oxygens (including phenoxy) is 4. The first-order valence-corrected chi connectivity index (χ1v) is 12.6. The molecule has 0 spiro atoms. The number of halogens is 2. The molecule has 0 aliphatic rings. The number of hydrogen-bond acceptors (Lipinski definition) is 8. The van der Waals surface area contributed by atoms with Gasteiger partial charge in [-0.2, -0.15) is 0 Å². The first kappa shape index (κ1) is 28.6. The molecule has 2 atom stereocenters. The molecule has 10 nitrogen and oxygen atoms in total. The van der Waals surface area contributed by atoms with Crippen LogP contribution < -0.4 is 18.9 Å². The van der Waals surface area contributed by atoms with Gasteiger partial charge in [0, 0.05) is 20.8 Å². The molecule has 35 heavy (non-hydrogen) atoms. The molecule has 0 fully saturated rings. The Labute approximate surface area is 220 Å². The smallest absolute Gasteiger partial charge is 0.277 e. The maximum Gasteiger partial charge on any atom is 0.277 e. The molecule has 2 unspecified atom stereocenters. The lowest BCUT2D eigenvalue weighted by Gasteiger charge is -2.15. The molecule has 0 saturated carbocycles. The third kappa shape index (κ3) is 7.20. The maximum absolute atomic E-state index is 11.6. The highest BCUT2D eigenvalue weighted by Crippen LogP contribution is 2.43. The summed E-state index contributed by atoms with van der Waals surface area (Å²) in [5.41, 5.74) is 0.968. The van der Waals surface area contributed by atoms with Crippen molar-refractivity contribution < 1.29 is 28.8 Å². The Morgan fingerprint density at radius 3 is 1.26 bits per heavy atom. The number of hydrogen-bond donors (Lipinski definition) is 0. The minimum Gasteiger partial charge on any atom is -0.493 e. The fourth-order valence-corrected chi connectivity index (χ4v) is 5.10. The lowest BCUT2D eigenvalue weighted by molar-refractivity contribution is -0.385. The molecule has 12 heteroatoms. The van der Waals surface area contributed by atoms with Gasteiger partial charge in [0.05, 0.1) is 50.4 Å². The van der Waals surface area contributed by atoms with Crippen molar-refractivity contribution in [1.82, 2.24) is 0 Å². The van der Waals surface area contributed by atoms with Crippen molar-refractivity contribution >= 4 is 43.2 Å². The summed E-state index contributed by atoms with van der Waals surface area (Å²) in [6.45, 7) is 0. The van der Waals surface area contributed by atoms with Crippen molar-refractivity contribution in [1.29, 1.82) is 0 Å². The Morgan fingerprint density at radius 1 is 0.657 bits per heavy atom. The molecule has 0 aliphatic carbocycles. The number of unbranched alkanes of at least 4 members (excludes halogenated alkanes) is 2. The monoisotopic (exact) mass is 618 g/mol. The van der Waals surface area contributed by atoms with Crippen LogP contribution in [0.25, 0.3) is 0 Å². The molecular formula is C23H28Br2N2O8. The van der Waals surface area contributed by atoms with Crippen LogP contribution in [0.5, 0.6) is 23.0 Å². The molecule has 0 aliphatic heterocycles. The Kier molecular flexibility index (Phi) is 11.0. The van der Waals surface area contributed by atoms with Crippen LogP contribution in [-0.4, -0.2) is 38.3 Å². The number of methoxy groups -OCH3 is 4. The van der Waals surface area contributed by atoms with Crippen LogP contribution >= 0.6 is 31.9 Å². The highest BCUT2D eigenvalue weighted by atomic mass is 79.9. The summed E-state index contributed by atoms with van der Waals surface area (Å²) < 4.78 is 20.9. The fraction of sp³-hybridized carbons (Fsp3) is 0.478. The second-order valence-corrected chi connectivity index (χ2v) is 9.83. The summed E-state index contributed by atoms with van der Waals surface area (Å²) in [4.78, 5) is 21.8. The zero-order valence-corrected chi connectivity index (χ0v) is 23.1. The van der Waals surface area contributed by atoms with Crippen molar-refractivity contribution in [3.8, 4) is 23.0 Å². The summed E-state index contributed by atoms with van der Waals surface area (Å²) in [5.74, 6) is 1.46. The SMILES string of the molecule is COc1cc(C(Br)CCCCCC(Br)c2cc(OC)c(OC)cc2[N+](=O)[O-])c([N+](=O)[O-])cc1OC. The Morgan fingerprint density at radius 2 is 0.971 bits per heavy atom. The molecule has 0 radical (unpaired) electrons. The van der Waals surface area contributed by atoms with Crippen molar-refractivity contribution in [3.05, 3.63) is 55.6 Å². The number of alkyl halides is 2. The third-order valence-corrected chi connectivity index (χ3v) is 7.45. The van der Waals surface area contributed by atoms with E-state index in [-0.39, 0.29) is 21.0 Å². The van der Waals surface area contributed by atoms with E-state index in [1.54, 1.807) is 12.1 Å². The first-order chi connectivity index (χ1) is 16.7. The van der Waals surface area contributed by atoms with E-state index < -0.39 is 9.85 Å². The molecule has 0 saturated heterocycles. The molecule has 0 bridgehead atoms. The van der Waals surface area contributed by atoms with Crippen LogP contribution in [0.15, 0.2) is 24.3 Å². The molecular weight excluding hydrogens is 592 g/mol. The molecule has 2 aromatic carbocycles. The van der Waals surface area contributed by atoms with E-state index in [9.17, 15) is 20.2 Å². The fourth-order valence-electron chi connectivity index (χ4n) is 3.72. The van der Waals surface area contributed by atoms with E-state index in [2.05, 4.69) is 31.9 Å². The summed E-state index contributed by atoms with van der Waals surface area (Å²) in [7, 11) is 5.83. The Bertz CT molecular complexity index is 969. The zero-order valence-electron chi connectivity index (χ0n) is 19.9. The van der Waals surface area contributed by atoms with Gasteiger partial charge in [-0.25, -0.2) is 0 Å². The van der Waals surface area contributed by atoms with Crippen molar-refractivity contribution in [2.24, 2.45) is 0 Å². The lowest BCUT2D eigenvalue weighted by atomic mass is 10.0. The largest absolute Gasteiger partial charge is 0.493 e. The number of nitro benzene ring substituents is 2. The molecule has 0 amide bonds. The van der Waals surface area contributed by atoms with Gasteiger partial charge in [0.2, 0.25) is 0 Å². The lowest BCUT2D eigenvalue weighted by Crippen LogP contribution is -2.02. The third-order valence-electron chi connectivity index (χ3n) is 5.55. The van der Waals surface area contributed by atoms with Crippen LogP contribution in [0, 0.1) is 20.2 Å². The van der Waals surface area contributed by atoms with Crippen molar-refractivity contribution in [2.75, 3.05) is 28.4 Å². The normalized spacial score (nSPS) is 12.5. The highest BCUT2D eigenvalue weighted by molar-refractivity contribution is 9.09. The second-order valence-electron chi connectivity index (χ2n) is 7.62. The van der Waals surface area contributed by atoms with E-state index in [0.29, 0.717) is 47.0 Å². The van der Waals surface area contributed by atoms with E-state index >= 15 is 0 Å². The van der Waals surface area contributed by atoms with Gasteiger partial charge in [-0.3, -0.25) is 20.2 Å². The number of nitro groups is 2. The average Bonchev–Trinajstić information content (AvgIpc) is 2.86. The van der Waals surface area contributed by atoms with Gasteiger partial charge in [0.1, 0.15) is 0 Å². The molecule has 192 valence electrons. The van der Waals surface area contributed by atoms with Gasteiger partial charge >= 0.3 is 0 Å². The van der Waals surface area contributed by atoms with Gasteiger partial charge in [-0.05, 0) is 25.0 Å².